The molecule has 1 aromatic rings. The Morgan fingerprint density at radius 1 is 1.26 bits per heavy atom. The van der Waals surface area contributed by atoms with Crippen LogP contribution in [-0.2, 0) is 10.0 Å². The molecule has 0 spiro atoms. The predicted molar refractivity (Wildman–Crippen MR) is 77.6 cm³/mol. The van der Waals surface area contributed by atoms with Crippen molar-refractivity contribution in [2.45, 2.75) is 25.2 Å². The number of nitrogens with two attached hydrogens (primary N) is 1. The summed E-state index contributed by atoms with van der Waals surface area (Å²) in [5.41, 5.74) is 6.06. The molecule has 1 saturated heterocycles. The molecule has 0 amide bonds. The van der Waals surface area contributed by atoms with E-state index in [0.717, 1.165) is 6.42 Å². The number of anilines is 1. The summed E-state index contributed by atoms with van der Waals surface area (Å²) in [7, 11) is -3.53. The highest BCUT2D eigenvalue weighted by Gasteiger charge is 2.32. The lowest BCUT2D eigenvalue weighted by molar-refractivity contribution is 0.222. The summed E-state index contributed by atoms with van der Waals surface area (Å²) in [5, 5.41) is 0.186. The molecule has 6 heteroatoms. The minimum Gasteiger partial charge on any atom is -0.399 e. The first-order chi connectivity index (χ1) is 8.80. The topological polar surface area (TPSA) is 63.4 Å². The Morgan fingerprint density at radius 2 is 1.84 bits per heavy atom. The average Bonchev–Trinajstić information content (AvgIpc) is 2.26. The second-order valence-corrected chi connectivity index (χ2v) is 7.77. The largest absolute Gasteiger partial charge is 0.399 e. The second kappa shape index (κ2) is 5.31. The van der Waals surface area contributed by atoms with E-state index in [0.29, 0.717) is 30.6 Å². The molecular formula is C13H19ClN2O2S. The lowest BCUT2D eigenvalue weighted by Gasteiger charge is -2.34. The fraction of sp³-hybridized carbons (Fsp3) is 0.538. The van der Waals surface area contributed by atoms with Gasteiger partial charge in [-0.1, -0.05) is 25.4 Å². The summed E-state index contributed by atoms with van der Waals surface area (Å²) < 4.78 is 26.8. The minimum atomic E-state index is -3.53. The summed E-state index contributed by atoms with van der Waals surface area (Å²) in [6, 6.07) is 4.53. The molecule has 0 bridgehead atoms. The number of rotatable bonds is 2. The molecule has 0 aliphatic carbocycles. The molecule has 19 heavy (non-hydrogen) atoms. The Morgan fingerprint density at radius 3 is 2.37 bits per heavy atom. The van der Waals surface area contributed by atoms with Crippen molar-refractivity contribution in [1.82, 2.24) is 4.31 Å². The highest BCUT2D eigenvalue weighted by molar-refractivity contribution is 7.89. The molecule has 1 aromatic carbocycles. The maximum atomic E-state index is 12.6. The molecule has 2 N–H and O–H groups in total. The molecule has 1 aliphatic rings. The zero-order valence-corrected chi connectivity index (χ0v) is 12.7. The van der Waals surface area contributed by atoms with Crippen molar-refractivity contribution in [2.75, 3.05) is 18.8 Å². The van der Waals surface area contributed by atoms with Crippen LogP contribution in [0.15, 0.2) is 23.1 Å². The van der Waals surface area contributed by atoms with Gasteiger partial charge in [0, 0.05) is 18.8 Å². The Balaban J connectivity index is 2.36. The van der Waals surface area contributed by atoms with Crippen LogP contribution in [0.1, 0.15) is 20.3 Å². The van der Waals surface area contributed by atoms with Gasteiger partial charge in [-0.15, -0.1) is 0 Å². The zero-order chi connectivity index (χ0) is 14.2. The van der Waals surface area contributed by atoms with Gasteiger partial charge in [-0.05, 0) is 36.5 Å². The molecule has 1 fully saturated rings. The van der Waals surface area contributed by atoms with E-state index in [1.54, 1.807) is 6.07 Å². The van der Waals surface area contributed by atoms with Crippen LogP contribution in [0.25, 0.3) is 0 Å². The number of nitrogen functional groups attached to an aromatic ring is 1. The monoisotopic (exact) mass is 302 g/mol. The van der Waals surface area contributed by atoms with Gasteiger partial charge in [-0.3, -0.25) is 0 Å². The average molecular weight is 303 g/mol. The Hall–Kier alpha value is -0.780. The van der Waals surface area contributed by atoms with Gasteiger partial charge < -0.3 is 5.73 Å². The van der Waals surface area contributed by atoms with Gasteiger partial charge in [0.15, 0.2) is 0 Å². The Bertz CT molecular complexity index is 564. The van der Waals surface area contributed by atoms with Gasteiger partial charge in [-0.2, -0.15) is 4.31 Å². The Kier molecular flexibility index (Phi) is 4.08. The van der Waals surface area contributed by atoms with E-state index in [4.69, 9.17) is 17.3 Å². The van der Waals surface area contributed by atoms with Crippen LogP contribution >= 0.6 is 11.6 Å². The quantitative estimate of drug-likeness (QED) is 0.854. The third kappa shape index (κ3) is 3.04. The minimum absolute atomic E-state index is 0.143. The van der Waals surface area contributed by atoms with Crippen molar-refractivity contribution in [3.8, 4) is 0 Å². The Labute approximate surface area is 119 Å². The maximum absolute atomic E-state index is 12.6. The molecule has 1 heterocycles. The first-order valence-electron chi connectivity index (χ1n) is 6.36. The number of piperidine rings is 1. The zero-order valence-electron chi connectivity index (χ0n) is 11.1. The van der Waals surface area contributed by atoms with E-state index in [1.165, 1.54) is 16.4 Å². The number of halogens is 1. The number of hydrogen-bond donors (Lipinski definition) is 1. The van der Waals surface area contributed by atoms with Gasteiger partial charge in [-0.25, -0.2) is 8.42 Å². The van der Waals surface area contributed by atoms with Gasteiger partial charge in [0.05, 0.1) is 5.02 Å². The van der Waals surface area contributed by atoms with E-state index < -0.39 is 10.0 Å². The van der Waals surface area contributed by atoms with Gasteiger partial charge in [0.2, 0.25) is 10.0 Å². The number of hydrogen-bond acceptors (Lipinski definition) is 3. The van der Waals surface area contributed by atoms with E-state index in [2.05, 4.69) is 13.8 Å². The van der Waals surface area contributed by atoms with Crippen molar-refractivity contribution in [3.63, 3.8) is 0 Å². The van der Waals surface area contributed by atoms with Crippen molar-refractivity contribution in [2.24, 2.45) is 11.8 Å². The second-order valence-electron chi connectivity index (χ2n) is 5.46. The maximum Gasteiger partial charge on any atom is 0.244 e. The van der Waals surface area contributed by atoms with Crippen molar-refractivity contribution in [1.29, 1.82) is 0 Å². The lowest BCUT2D eigenvalue weighted by Crippen LogP contribution is -2.42. The van der Waals surface area contributed by atoms with Crippen LogP contribution in [0.2, 0.25) is 5.02 Å². The van der Waals surface area contributed by atoms with Crippen LogP contribution < -0.4 is 5.73 Å². The van der Waals surface area contributed by atoms with Crippen molar-refractivity contribution in [3.05, 3.63) is 23.2 Å². The number of nitrogens with zero attached hydrogens (tertiary/aromatic N) is 1. The highest BCUT2D eigenvalue weighted by atomic mass is 35.5. The molecule has 2 unspecified atom stereocenters. The van der Waals surface area contributed by atoms with Gasteiger partial charge in [0.25, 0.3) is 0 Å². The van der Waals surface area contributed by atoms with Crippen LogP contribution in [0.4, 0.5) is 5.69 Å². The molecule has 4 nitrogen and oxygen atoms in total. The van der Waals surface area contributed by atoms with Gasteiger partial charge >= 0.3 is 0 Å². The normalized spacial score (nSPS) is 25.4. The SMILES string of the molecule is CC1CC(C)CN(S(=O)(=O)c2ccc(N)cc2Cl)C1. The third-order valence-electron chi connectivity index (χ3n) is 3.41. The van der Waals surface area contributed by atoms with E-state index in [1.807, 2.05) is 0 Å². The lowest BCUT2D eigenvalue weighted by atomic mass is 9.94. The van der Waals surface area contributed by atoms with Crippen molar-refractivity contribution >= 4 is 27.3 Å². The van der Waals surface area contributed by atoms with Gasteiger partial charge in [0.1, 0.15) is 4.90 Å². The predicted octanol–water partition coefficient (Wildman–Crippen LogP) is 2.59. The smallest absolute Gasteiger partial charge is 0.244 e. The summed E-state index contributed by atoms with van der Waals surface area (Å²) in [6.07, 6.45) is 1.06. The fourth-order valence-corrected chi connectivity index (χ4v) is 4.87. The summed E-state index contributed by atoms with van der Waals surface area (Å²) in [5.74, 6) is 0.733. The number of sulfonamides is 1. The molecule has 106 valence electrons. The third-order valence-corrected chi connectivity index (χ3v) is 5.72. The fourth-order valence-electron chi connectivity index (χ4n) is 2.67. The van der Waals surface area contributed by atoms with Crippen LogP contribution in [0.5, 0.6) is 0 Å². The highest BCUT2D eigenvalue weighted by Crippen LogP contribution is 2.30. The van der Waals surface area contributed by atoms with E-state index in [9.17, 15) is 8.42 Å². The van der Waals surface area contributed by atoms with E-state index in [-0.39, 0.29) is 9.92 Å². The molecule has 0 radical (unpaired) electrons. The first-order valence-corrected chi connectivity index (χ1v) is 8.17. The molecule has 2 rings (SSSR count). The molecule has 2 atom stereocenters. The summed E-state index contributed by atoms with van der Waals surface area (Å²) >= 11 is 6.02. The standard InChI is InChI=1S/C13H19ClN2O2S/c1-9-5-10(2)8-16(7-9)19(17,18)13-4-3-11(15)6-12(13)14/h3-4,6,9-10H,5,7-8,15H2,1-2H3. The summed E-state index contributed by atoms with van der Waals surface area (Å²) in [6.45, 7) is 5.24. The van der Waals surface area contributed by atoms with E-state index >= 15 is 0 Å². The number of benzene rings is 1. The molecular weight excluding hydrogens is 284 g/mol. The van der Waals surface area contributed by atoms with Crippen molar-refractivity contribution < 1.29 is 8.42 Å². The molecule has 1 aliphatic heterocycles. The van der Waals surface area contributed by atoms with Crippen LogP contribution in [-0.4, -0.2) is 25.8 Å². The van der Waals surface area contributed by atoms with Crippen LogP contribution in [0.3, 0.4) is 0 Å². The molecule has 0 saturated carbocycles. The molecule has 0 aromatic heterocycles. The first kappa shape index (κ1) is 14.6. The summed E-state index contributed by atoms with van der Waals surface area (Å²) in [4.78, 5) is 0.143. The van der Waals surface area contributed by atoms with Crippen LogP contribution in [0, 0.1) is 11.8 Å².